The van der Waals surface area contributed by atoms with Crippen molar-refractivity contribution in [3.8, 4) is 0 Å². The molecule has 1 heterocycles. The summed E-state index contributed by atoms with van der Waals surface area (Å²) in [6, 6.07) is 0. The molecule has 0 spiro atoms. The van der Waals surface area contributed by atoms with Crippen molar-refractivity contribution in [2.75, 3.05) is 5.08 Å². The standard InChI is InChI=1S/C3H4O6S2/c4-2-3(5)11(8,9)1-10(2,6)7/h6-7H,1H2. The van der Waals surface area contributed by atoms with Gasteiger partial charge in [-0.25, -0.2) is 8.42 Å². The molecule has 0 aliphatic carbocycles. The largest absolute Gasteiger partial charge is 0.334 e. The van der Waals surface area contributed by atoms with E-state index in [1.165, 1.54) is 0 Å². The third-order valence-corrected chi connectivity index (χ3v) is 5.28. The Balaban J connectivity index is 3.27. The predicted molar refractivity (Wildman–Crippen MR) is 36.6 cm³/mol. The van der Waals surface area contributed by atoms with E-state index in [0.29, 0.717) is 0 Å². The molecule has 1 aliphatic heterocycles. The Morgan fingerprint density at radius 1 is 1.09 bits per heavy atom. The molecular formula is C3H4O6S2. The summed E-state index contributed by atoms with van der Waals surface area (Å²) in [6.07, 6.45) is 0. The van der Waals surface area contributed by atoms with Gasteiger partial charge in [0, 0.05) is 0 Å². The number of carbonyl (C=O) groups excluding carboxylic acids is 2. The zero-order chi connectivity index (χ0) is 8.86. The third kappa shape index (κ3) is 1.18. The van der Waals surface area contributed by atoms with E-state index in [-0.39, 0.29) is 0 Å². The zero-order valence-electron chi connectivity index (χ0n) is 5.05. The van der Waals surface area contributed by atoms with Crippen molar-refractivity contribution in [3.63, 3.8) is 0 Å². The van der Waals surface area contributed by atoms with E-state index in [4.69, 9.17) is 9.11 Å². The first-order chi connectivity index (χ1) is 4.77. The molecule has 8 heteroatoms. The van der Waals surface area contributed by atoms with E-state index in [2.05, 4.69) is 0 Å². The smallest absolute Gasteiger partial charge is 0.291 e. The molecule has 0 amide bonds. The highest BCUT2D eigenvalue weighted by atomic mass is 32.3. The minimum absolute atomic E-state index is 1.16. The zero-order valence-corrected chi connectivity index (χ0v) is 6.68. The van der Waals surface area contributed by atoms with Gasteiger partial charge in [-0.3, -0.25) is 18.7 Å². The molecule has 1 fully saturated rings. The fourth-order valence-corrected chi connectivity index (χ4v) is 4.47. The molecule has 6 nitrogen and oxygen atoms in total. The van der Waals surface area contributed by atoms with E-state index in [1.807, 2.05) is 0 Å². The summed E-state index contributed by atoms with van der Waals surface area (Å²) in [5.74, 6) is 0. The van der Waals surface area contributed by atoms with Gasteiger partial charge >= 0.3 is 10.2 Å². The number of rotatable bonds is 0. The third-order valence-electron chi connectivity index (χ3n) is 1.07. The van der Waals surface area contributed by atoms with Crippen molar-refractivity contribution in [3.05, 3.63) is 0 Å². The van der Waals surface area contributed by atoms with Crippen molar-refractivity contribution in [2.24, 2.45) is 0 Å². The average molecular weight is 200 g/mol. The lowest BCUT2D eigenvalue weighted by molar-refractivity contribution is -0.127. The number of sulfone groups is 1. The molecule has 0 aromatic carbocycles. The highest BCUT2D eigenvalue weighted by Gasteiger charge is 2.49. The van der Waals surface area contributed by atoms with E-state index in [9.17, 15) is 18.0 Å². The Hall–Kier alpha value is -0.440. The molecular weight excluding hydrogens is 196 g/mol. The molecule has 0 aromatic rings. The first-order valence-corrected chi connectivity index (χ1v) is 5.71. The van der Waals surface area contributed by atoms with Crippen LogP contribution < -0.4 is 0 Å². The van der Waals surface area contributed by atoms with Crippen LogP contribution in [0.15, 0.2) is 0 Å². The van der Waals surface area contributed by atoms with Gasteiger partial charge in [-0.05, 0) is 0 Å². The molecule has 11 heavy (non-hydrogen) atoms. The molecule has 1 rings (SSSR count). The molecule has 0 saturated carbocycles. The van der Waals surface area contributed by atoms with Gasteiger partial charge < -0.3 is 0 Å². The fraction of sp³-hybridized carbons (Fsp3) is 0.333. The van der Waals surface area contributed by atoms with Crippen LogP contribution >= 0.6 is 10.6 Å². The van der Waals surface area contributed by atoms with Gasteiger partial charge in [-0.2, -0.15) is 0 Å². The molecule has 0 unspecified atom stereocenters. The lowest BCUT2D eigenvalue weighted by Gasteiger charge is -2.18. The minimum Gasteiger partial charge on any atom is -0.291 e. The fourth-order valence-electron chi connectivity index (χ4n) is 0.584. The molecule has 0 atom stereocenters. The minimum atomic E-state index is -4.23. The normalized spacial score (nSPS) is 30.4. The van der Waals surface area contributed by atoms with Gasteiger partial charge in [-0.15, -0.1) is 10.6 Å². The van der Waals surface area contributed by atoms with Crippen LogP contribution in [0, 0.1) is 0 Å². The molecule has 1 aliphatic rings. The summed E-state index contributed by atoms with van der Waals surface area (Å²) in [4.78, 5) is 20.9. The Labute approximate surface area is 63.5 Å². The van der Waals surface area contributed by atoms with Crippen molar-refractivity contribution >= 4 is 30.7 Å². The molecule has 0 bridgehead atoms. The van der Waals surface area contributed by atoms with E-state index in [1.54, 1.807) is 0 Å². The van der Waals surface area contributed by atoms with E-state index < -0.39 is 35.7 Å². The van der Waals surface area contributed by atoms with Gasteiger partial charge in [-0.1, -0.05) is 0 Å². The predicted octanol–water partition coefficient (Wildman–Crippen LogP) is -0.824. The Morgan fingerprint density at radius 3 is 1.64 bits per heavy atom. The topological polar surface area (TPSA) is 109 Å². The monoisotopic (exact) mass is 200 g/mol. The SMILES string of the molecule is O=C1C(=O)S(=O)(=O)CS1(O)O. The summed E-state index contributed by atoms with van der Waals surface area (Å²) in [6.45, 7) is 0. The van der Waals surface area contributed by atoms with Gasteiger partial charge in [0.15, 0.2) is 5.08 Å². The van der Waals surface area contributed by atoms with Crippen molar-refractivity contribution in [2.45, 2.75) is 0 Å². The second kappa shape index (κ2) is 2.03. The summed E-state index contributed by atoms with van der Waals surface area (Å²) in [5.41, 5.74) is 0. The van der Waals surface area contributed by atoms with Crippen LogP contribution in [0.5, 0.6) is 0 Å². The van der Waals surface area contributed by atoms with Crippen molar-refractivity contribution < 1.29 is 27.1 Å². The maximum absolute atomic E-state index is 10.5. The molecule has 0 radical (unpaired) electrons. The highest BCUT2D eigenvalue weighted by molar-refractivity contribution is 8.49. The molecule has 2 N–H and O–H groups in total. The Bertz CT molecular complexity index is 324. The lowest BCUT2D eigenvalue weighted by atomic mass is 10.9. The van der Waals surface area contributed by atoms with Crippen LogP contribution in [0.2, 0.25) is 0 Å². The van der Waals surface area contributed by atoms with Crippen LogP contribution in [-0.2, 0) is 19.4 Å². The first kappa shape index (κ1) is 8.65. The van der Waals surface area contributed by atoms with Crippen LogP contribution in [0.1, 0.15) is 0 Å². The molecule has 64 valence electrons. The maximum atomic E-state index is 10.5. The maximum Gasteiger partial charge on any atom is 0.334 e. The van der Waals surface area contributed by atoms with Gasteiger partial charge in [0.2, 0.25) is 9.84 Å². The van der Waals surface area contributed by atoms with E-state index >= 15 is 0 Å². The number of hydrogen-bond acceptors (Lipinski definition) is 6. The summed E-state index contributed by atoms with van der Waals surface area (Å²) in [5, 5.41) is -4.45. The van der Waals surface area contributed by atoms with Crippen LogP contribution in [0.25, 0.3) is 0 Å². The average Bonchev–Trinajstić information content (AvgIpc) is 1.91. The van der Waals surface area contributed by atoms with Crippen LogP contribution in [0.3, 0.4) is 0 Å². The van der Waals surface area contributed by atoms with Gasteiger partial charge in [0.25, 0.3) is 0 Å². The van der Waals surface area contributed by atoms with Crippen molar-refractivity contribution in [1.82, 2.24) is 0 Å². The van der Waals surface area contributed by atoms with Crippen molar-refractivity contribution in [1.29, 1.82) is 0 Å². The second-order valence-corrected chi connectivity index (χ2v) is 6.22. The van der Waals surface area contributed by atoms with Crippen LogP contribution in [-0.4, -0.2) is 32.8 Å². The lowest BCUT2D eigenvalue weighted by Crippen LogP contribution is -2.14. The van der Waals surface area contributed by atoms with Gasteiger partial charge in [0.05, 0.1) is 0 Å². The summed E-state index contributed by atoms with van der Waals surface area (Å²) in [7, 11) is -8.09. The quantitative estimate of drug-likeness (QED) is 0.494. The first-order valence-electron chi connectivity index (χ1n) is 2.34. The second-order valence-electron chi connectivity index (χ2n) is 1.97. The number of carbonyl (C=O) groups is 2. The van der Waals surface area contributed by atoms with Crippen LogP contribution in [0.4, 0.5) is 0 Å². The highest BCUT2D eigenvalue weighted by Crippen LogP contribution is 2.46. The van der Waals surface area contributed by atoms with E-state index in [0.717, 1.165) is 0 Å². The molecule has 0 aromatic heterocycles. The van der Waals surface area contributed by atoms with Gasteiger partial charge in [0.1, 0.15) is 0 Å². The Morgan fingerprint density at radius 2 is 1.55 bits per heavy atom. The number of hydrogen-bond donors (Lipinski definition) is 2. The summed E-state index contributed by atoms with van der Waals surface area (Å²) >= 11 is 0. The Kier molecular flexibility index (Phi) is 1.60. The summed E-state index contributed by atoms with van der Waals surface area (Å²) < 4.78 is 38.4. The molecule has 1 saturated heterocycles.